The zero-order valence-corrected chi connectivity index (χ0v) is 8.00. The average molecular weight is 185 g/mol. The highest BCUT2D eigenvalue weighted by Crippen LogP contribution is 2.61. The molecule has 13 heavy (non-hydrogen) atoms. The van der Waals surface area contributed by atoms with E-state index in [4.69, 9.17) is 15.2 Å². The fourth-order valence-electron chi connectivity index (χ4n) is 2.80. The van der Waals surface area contributed by atoms with Crippen molar-refractivity contribution in [1.82, 2.24) is 0 Å². The summed E-state index contributed by atoms with van der Waals surface area (Å²) in [6.07, 6.45) is 1.37. The number of carbonyl (C=O) groups is 1. The number of hydrogen-bond donors (Lipinski definition) is 1. The van der Waals surface area contributed by atoms with Gasteiger partial charge in [-0.1, -0.05) is 0 Å². The maximum atomic E-state index is 11.5. The van der Waals surface area contributed by atoms with Gasteiger partial charge in [0.2, 0.25) is 0 Å². The molecule has 4 nitrogen and oxygen atoms in total. The molecule has 3 aliphatic rings. The first-order valence-electron chi connectivity index (χ1n) is 4.53. The molecule has 1 aliphatic carbocycles. The number of esters is 1. The van der Waals surface area contributed by atoms with E-state index in [1.807, 2.05) is 6.92 Å². The Balaban J connectivity index is 2.21. The molecule has 0 aromatic rings. The Morgan fingerprint density at radius 1 is 1.69 bits per heavy atom. The van der Waals surface area contributed by atoms with Crippen LogP contribution in [0.4, 0.5) is 0 Å². The summed E-state index contributed by atoms with van der Waals surface area (Å²) in [7, 11) is 1.42. The zero-order valence-electron chi connectivity index (χ0n) is 8.00. The van der Waals surface area contributed by atoms with Gasteiger partial charge in [0.05, 0.1) is 18.8 Å². The first kappa shape index (κ1) is 8.97. The molecule has 3 rings (SSSR count). The monoisotopic (exact) mass is 185 g/mol. The Bertz CT molecular complexity index is 245. The molecule has 2 aliphatic heterocycles. The van der Waals surface area contributed by atoms with Crippen LogP contribution in [0, 0.1) is 5.41 Å². The first-order chi connectivity index (χ1) is 6.06. The van der Waals surface area contributed by atoms with Crippen molar-refractivity contribution in [2.75, 3.05) is 13.7 Å². The van der Waals surface area contributed by atoms with Crippen LogP contribution in [-0.2, 0) is 14.3 Å². The number of ether oxygens (including phenoxy) is 2. The molecular weight excluding hydrogens is 170 g/mol. The van der Waals surface area contributed by atoms with Crippen molar-refractivity contribution in [3.8, 4) is 0 Å². The van der Waals surface area contributed by atoms with Gasteiger partial charge in [0.1, 0.15) is 5.41 Å². The van der Waals surface area contributed by atoms with E-state index in [1.165, 1.54) is 7.11 Å². The van der Waals surface area contributed by atoms with E-state index < -0.39 is 5.41 Å². The van der Waals surface area contributed by atoms with Gasteiger partial charge in [-0.2, -0.15) is 0 Å². The van der Waals surface area contributed by atoms with Gasteiger partial charge >= 0.3 is 5.97 Å². The van der Waals surface area contributed by atoms with E-state index >= 15 is 0 Å². The van der Waals surface area contributed by atoms with Crippen LogP contribution in [-0.4, -0.2) is 31.3 Å². The molecular formula is C9H15NO3. The van der Waals surface area contributed by atoms with Crippen LogP contribution in [0.1, 0.15) is 19.8 Å². The van der Waals surface area contributed by atoms with Crippen molar-refractivity contribution in [1.29, 1.82) is 0 Å². The van der Waals surface area contributed by atoms with E-state index in [2.05, 4.69) is 0 Å². The lowest BCUT2D eigenvalue weighted by molar-refractivity contribution is -0.158. The van der Waals surface area contributed by atoms with Crippen LogP contribution >= 0.6 is 0 Å². The summed E-state index contributed by atoms with van der Waals surface area (Å²) < 4.78 is 10.5. The highest BCUT2D eigenvalue weighted by molar-refractivity contribution is 5.80. The lowest BCUT2D eigenvalue weighted by atomic mass is 9.60. The summed E-state index contributed by atoms with van der Waals surface area (Å²) in [6, 6.07) is 0. The molecule has 2 heterocycles. The Kier molecular flexibility index (Phi) is 1.69. The van der Waals surface area contributed by atoms with E-state index in [-0.39, 0.29) is 17.7 Å². The van der Waals surface area contributed by atoms with Crippen LogP contribution in [0.15, 0.2) is 0 Å². The molecule has 1 atom stereocenters. The third-order valence-electron chi connectivity index (χ3n) is 3.23. The standard InChI is InChI=1S/C9H15NO3/c1-8-4-9(5-8,7(11)12-2)6(3-10)13-8/h6H,3-5,10H2,1-2H3. The predicted octanol–water partition coefficient (Wildman–Crippen LogP) is 0.0558. The molecule has 0 radical (unpaired) electrons. The van der Waals surface area contributed by atoms with Crippen molar-refractivity contribution < 1.29 is 14.3 Å². The van der Waals surface area contributed by atoms with Crippen LogP contribution in [0.5, 0.6) is 0 Å². The molecule has 2 bridgehead atoms. The first-order valence-corrected chi connectivity index (χ1v) is 4.53. The summed E-state index contributed by atoms with van der Waals surface area (Å²) in [5, 5.41) is 0. The van der Waals surface area contributed by atoms with E-state index in [0.29, 0.717) is 6.54 Å². The zero-order chi connectivity index (χ0) is 9.69. The fraction of sp³-hybridized carbons (Fsp3) is 0.889. The second-order valence-electron chi connectivity index (χ2n) is 4.29. The number of hydrogen-bond acceptors (Lipinski definition) is 4. The Morgan fingerprint density at radius 3 is 2.77 bits per heavy atom. The molecule has 1 saturated carbocycles. The van der Waals surface area contributed by atoms with E-state index in [1.54, 1.807) is 0 Å². The number of carbonyl (C=O) groups excluding carboxylic acids is 1. The van der Waals surface area contributed by atoms with Gasteiger partial charge in [-0.15, -0.1) is 0 Å². The van der Waals surface area contributed by atoms with E-state index in [9.17, 15) is 4.79 Å². The van der Waals surface area contributed by atoms with Gasteiger partial charge in [0.15, 0.2) is 0 Å². The largest absolute Gasteiger partial charge is 0.469 e. The van der Waals surface area contributed by atoms with Gasteiger partial charge in [-0.05, 0) is 19.8 Å². The van der Waals surface area contributed by atoms with Crippen molar-refractivity contribution in [2.24, 2.45) is 11.1 Å². The Hall–Kier alpha value is -0.610. The van der Waals surface area contributed by atoms with Gasteiger partial charge in [-0.3, -0.25) is 4.79 Å². The highest BCUT2D eigenvalue weighted by atomic mass is 16.6. The van der Waals surface area contributed by atoms with Gasteiger partial charge < -0.3 is 15.2 Å². The molecule has 0 amide bonds. The topological polar surface area (TPSA) is 61.5 Å². The smallest absolute Gasteiger partial charge is 0.314 e. The second kappa shape index (κ2) is 2.45. The maximum Gasteiger partial charge on any atom is 0.314 e. The molecule has 3 fully saturated rings. The summed E-state index contributed by atoms with van der Waals surface area (Å²) in [5.74, 6) is -0.169. The highest BCUT2D eigenvalue weighted by Gasteiger charge is 2.69. The van der Waals surface area contributed by atoms with Crippen LogP contribution < -0.4 is 5.73 Å². The molecule has 2 N–H and O–H groups in total. The number of nitrogens with two attached hydrogens (primary N) is 1. The molecule has 0 aromatic carbocycles. The maximum absolute atomic E-state index is 11.5. The molecule has 0 spiro atoms. The summed E-state index contributed by atoms with van der Waals surface area (Å²) in [6.45, 7) is 2.41. The molecule has 0 aromatic heterocycles. The van der Waals surface area contributed by atoms with Crippen molar-refractivity contribution in [3.05, 3.63) is 0 Å². The van der Waals surface area contributed by atoms with Gasteiger partial charge in [0, 0.05) is 6.54 Å². The molecule has 74 valence electrons. The predicted molar refractivity (Wildman–Crippen MR) is 46.0 cm³/mol. The SMILES string of the molecule is COC(=O)C12CC(C)(C1)OC2CN. The number of rotatable bonds is 2. The minimum absolute atomic E-state index is 0.127. The minimum Gasteiger partial charge on any atom is -0.469 e. The second-order valence-corrected chi connectivity index (χ2v) is 4.29. The third-order valence-corrected chi connectivity index (χ3v) is 3.23. The van der Waals surface area contributed by atoms with Gasteiger partial charge in [-0.25, -0.2) is 0 Å². The van der Waals surface area contributed by atoms with Crippen molar-refractivity contribution in [3.63, 3.8) is 0 Å². The summed E-state index contributed by atoms with van der Waals surface area (Å²) in [5.41, 5.74) is 5.00. The lowest BCUT2D eigenvalue weighted by Crippen LogP contribution is -2.50. The molecule has 4 heteroatoms. The van der Waals surface area contributed by atoms with Crippen LogP contribution in [0.25, 0.3) is 0 Å². The van der Waals surface area contributed by atoms with E-state index in [0.717, 1.165) is 12.8 Å². The molecule has 1 unspecified atom stereocenters. The molecule has 2 saturated heterocycles. The van der Waals surface area contributed by atoms with Crippen LogP contribution in [0.2, 0.25) is 0 Å². The number of methoxy groups -OCH3 is 1. The minimum atomic E-state index is -0.432. The third kappa shape index (κ3) is 0.957. The Labute approximate surface area is 77.4 Å². The summed E-state index contributed by atoms with van der Waals surface area (Å²) >= 11 is 0. The number of fused-ring (bicyclic) bond motifs is 1. The Morgan fingerprint density at radius 2 is 2.31 bits per heavy atom. The quantitative estimate of drug-likeness (QED) is 0.618. The van der Waals surface area contributed by atoms with Gasteiger partial charge in [0.25, 0.3) is 0 Å². The average Bonchev–Trinajstić information content (AvgIpc) is 2.51. The summed E-state index contributed by atoms with van der Waals surface area (Å²) in [4.78, 5) is 11.5. The van der Waals surface area contributed by atoms with Crippen molar-refractivity contribution in [2.45, 2.75) is 31.5 Å². The van der Waals surface area contributed by atoms with Crippen molar-refractivity contribution >= 4 is 5.97 Å². The van der Waals surface area contributed by atoms with Crippen LogP contribution in [0.3, 0.4) is 0 Å². The normalized spacial score (nSPS) is 47.2. The fourth-order valence-corrected chi connectivity index (χ4v) is 2.80. The lowest BCUT2D eigenvalue weighted by Gasteiger charge is -2.40.